The van der Waals surface area contributed by atoms with Crippen molar-refractivity contribution >= 4 is 65.1 Å². The van der Waals surface area contributed by atoms with Crippen LogP contribution in [0.25, 0.3) is 26.9 Å². The molecule has 0 unspecified atom stereocenters. The number of aryl methyl sites for hydroxylation is 4. The third kappa shape index (κ3) is 9.89. The molecule has 0 fully saturated rings. The van der Waals surface area contributed by atoms with E-state index < -0.39 is 31.7 Å². The molecule has 0 spiro atoms. The normalized spacial score (nSPS) is 11.8. The Balaban J connectivity index is 0.000000219. The van der Waals surface area contributed by atoms with Crippen LogP contribution < -0.4 is 14.5 Å². The number of benzene rings is 2. The lowest BCUT2D eigenvalue weighted by Crippen LogP contribution is -2.29. The zero-order valence-corrected chi connectivity index (χ0v) is 34.6. The highest BCUT2D eigenvalue weighted by Crippen LogP contribution is 2.33. The maximum absolute atomic E-state index is 15.2. The van der Waals surface area contributed by atoms with Crippen LogP contribution in [-0.4, -0.2) is 83.5 Å². The molecule has 0 radical (unpaired) electrons. The van der Waals surface area contributed by atoms with Crippen molar-refractivity contribution in [3.63, 3.8) is 0 Å². The van der Waals surface area contributed by atoms with Crippen LogP contribution in [0.1, 0.15) is 36.1 Å². The zero-order chi connectivity index (χ0) is 41.8. The fourth-order valence-corrected chi connectivity index (χ4v) is 7.40. The summed E-state index contributed by atoms with van der Waals surface area (Å²) in [4.78, 5) is 23.8. The van der Waals surface area contributed by atoms with Gasteiger partial charge in [-0.25, -0.2) is 56.8 Å². The van der Waals surface area contributed by atoms with E-state index in [4.69, 9.17) is 6.57 Å². The molecule has 15 nitrogen and oxygen atoms in total. The van der Waals surface area contributed by atoms with Gasteiger partial charge in [-0.1, -0.05) is 26.0 Å². The van der Waals surface area contributed by atoms with Crippen LogP contribution in [0.5, 0.6) is 0 Å². The summed E-state index contributed by atoms with van der Waals surface area (Å²) < 4.78 is 83.6. The molecule has 302 valence electrons. The maximum atomic E-state index is 15.2. The fraction of sp³-hybridized carbons (Fsp3) is 0.342. The molecule has 6 rings (SSSR count). The second-order valence-electron chi connectivity index (χ2n) is 13.5. The fourth-order valence-electron chi connectivity index (χ4n) is 6.33. The Kier molecular flexibility index (Phi) is 12.9. The van der Waals surface area contributed by atoms with E-state index in [0.29, 0.717) is 47.0 Å². The number of sulfonamides is 2. The van der Waals surface area contributed by atoms with E-state index >= 15 is 4.39 Å². The standard InChI is InChI=1S/C20H23FN6O2S.C18H22FN5O2S/c1-6-15-7-14(11-27(12-22-2)30(5,28)29)8-16(21)20(15)26(4)19-9-18-17(10-23-19)24-13-25(18)3;1-5-13-6-12(9-22-27(4,25)26)7-14(19)18(13)24(3)17-8-16-15(10-20-17)21-11-23(16)2/h7-10,13H,6,11-12H2,1,3-5H3;6-8,10-11,22H,5,9H2,1-4H3. The van der Waals surface area contributed by atoms with Crippen molar-refractivity contribution in [1.82, 2.24) is 38.1 Å². The minimum Gasteiger partial charge on any atom is -0.334 e. The molecule has 2 aromatic carbocycles. The molecule has 19 heteroatoms. The monoisotopic (exact) mass is 821 g/mol. The largest absolute Gasteiger partial charge is 0.334 e. The zero-order valence-electron chi connectivity index (χ0n) is 33.0. The Morgan fingerprint density at radius 3 is 1.61 bits per heavy atom. The predicted molar refractivity (Wildman–Crippen MR) is 218 cm³/mol. The number of rotatable bonds is 13. The smallest absolute Gasteiger partial charge is 0.283 e. The average molecular weight is 822 g/mol. The van der Waals surface area contributed by atoms with E-state index in [1.54, 1.807) is 55.0 Å². The topological polar surface area (TPSA) is 156 Å². The van der Waals surface area contributed by atoms with Gasteiger partial charge in [0, 0.05) is 53.4 Å². The van der Waals surface area contributed by atoms with Gasteiger partial charge in [-0.2, -0.15) is 0 Å². The molecule has 6 aromatic rings. The van der Waals surface area contributed by atoms with Crippen molar-refractivity contribution in [2.45, 2.75) is 39.8 Å². The number of imidazole rings is 2. The number of halogens is 2. The van der Waals surface area contributed by atoms with Crippen LogP contribution in [0.2, 0.25) is 0 Å². The molecular formula is C38H45F2N11O4S2. The van der Waals surface area contributed by atoms with E-state index in [2.05, 4.69) is 29.5 Å². The molecule has 0 saturated carbocycles. The first-order valence-electron chi connectivity index (χ1n) is 17.7. The van der Waals surface area contributed by atoms with E-state index in [1.807, 2.05) is 55.3 Å². The Morgan fingerprint density at radius 1 is 0.737 bits per heavy atom. The summed E-state index contributed by atoms with van der Waals surface area (Å²) in [6.07, 6.45) is 9.96. The van der Waals surface area contributed by atoms with Gasteiger partial charge in [0.15, 0.2) is 0 Å². The van der Waals surface area contributed by atoms with Gasteiger partial charge in [0.1, 0.15) is 34.3 Å². The van der Waals surface area contributed by atoms with Crippen molar-refractivity contribution < 1.29 is 25.6 Å². The van der Waals surface area contributed by atoms with Crippen molar-refractivity contribution in [2.24, 2.45) is 14.1 Å². The molecule has 0 aliphatic rings. The summed E-state index contributed by atoms with van der Waals surface area (Å²) in [6.45, 7) is 10.5. The summed E-state index contributed by atoms with van der Waals surface area (Å²) in [7, 11) is 0.345. The molecule has 4 heterocycles. The van der Waals surface area contributed by atoms with Crippen LogP contribution in [0, 0.1) is 18.2 Å². The Hall–Kier alpha value is -5.55. The van der Waals surface area contributed by atoms with Crippen LogP contribution in [-0.2, 0) is 60.1 Å². The molecule has 4 aromatic heterocycles. The number of hydrogen-bond acceptors (Lipinski definition) is 10. The number of fused-ring (bicyclic) bond motifs is 2. The van der Waals surface area contributed by atoms with Crippen molar-refractivity contribution in [3.8, 4) is 0 Å². The maximum Gasteiger partial charge on any atom is 0.283 e. The number of nitrogens with one attached hydrogen (secondary N) is 1. The summed E-state index contributed by atoms with van der Waals surface area (Å²) >= 11 is 0. The van der Waals surface area contributed by atoms with Crippen LogP contribution >= 0.6 is 0 Å². The number of pyridine rings is 2. The van der Waals surface area contributed by atoms with E-state index in [0.717, 1.165) is 50.0 Å². The van der Waals surface area contributed by atoms with E-state index in [9.17, 15) is 21.2 Å². The molecular weight excluding hydrogens is 777 g/mol. The summed E-state index contributed by atoms with van der Waals surface area (Å²) in [5, 5.41) is 0. The van der Waals surface area contributed by atoms with E-state index in [1.165, 1.54) is 12.1 Å². The van der Waals surface area contributed by atoms with Gasteiger partial charge >= 0.3 is 0 Å². The van der Waals surface area contributed by atoms with Gasteiger partial charge in [0.2, 0.25) is 20.0 Å². The van der Waals surface area contributed by atoms with Gasteiger partial charge in [0.25, 0.3) is 6.67 Å². The SMILES string of the molecule is CCc1cc(CNS(C)(=O)=O)cc(F)c1N(C)c1cc2c(cn1)ncn2C.[C-]#[N+]CN(Cc1cc(F)c(N(C)c2cc3c(cn2)ncn3C)c(CC)c1)S(C)(=O)=O. The Bertz CT molecular complexity index is 2700. The summed E-state index contributed by atoms with van der Waals surface area (Å²) in [5.74, 6) is 0.268. The molecule has 57 heavy (non-hydrogen) atoms. The second kappa shape index (κ2) is 17.3. The number of hydrogen-bond donors (Lipinski definition) is 1. The van der Waals surface area contributed by atoms with Crippen molar-refractivity contribution in [1.29, 1.82) is 0 Å². The number of anilines is 4. The first-order chi connectivity index (χ1) is 26.8. The molecule has 0 saturated heterocycles. The highest BCUT2D eigenvalue weighted by molar-refractivity contribution is 7.88. The Labute approximate surface area is 331 Å². The van der Waals surface area contributed by atoms with Gasteiger partial charge < -0.3 is 18.9 Å². The summed E-state index contributed by atoms with van der Waals surface area (Å²) in [6, 6.07) is 9.97. The first-order valence-corrected chi connectivity index (χ1v) is 21.5. The second-order valence-corrected chi connectivity index (χ2v) is 17.4. The number of aromatic nitrogens is 6. The van der Waals surface area contributed by atoms with Crippen LogP contribution in [0.4, 0.5) is 31.8 Å². The average Bonchev–Trinajstić information content (AvgIpc) is 3.72. The lowest BCUT2D eigenvalue weighted by molar-refractivity contribution is 0.440. The molecule has 0 bridgehead atoms. The van der Waals surface area contributed by atoms with Crippen LogP contribution in [0.3, 0.4) is 0 Å². The third-order valence-electron chi connectivity index (χ3n) is 9.31. The molecule has 0 atom stereocenters. The van der Waals surface area contributed by atoms with Gasteiger partial charge in [-0.15, -0.1) is 4.31 Å². The molecule has 1 N–H and O–H groups in total. The molecule has 0 aliphatic carbocycles. The third-order valence-corrected chi connectivity index (χ3v) is 11.2. The Morgan fingerprint density at radius 2 is 1.19 bits per heavy atom. The first kappa shape index (κ1) is 42.6. The number of nitrogens with zero attached hydrogens (tertiary/aromatic N) is 10. The van der Waals surface area contributed by atoms with Crippen LogP contribution in [0.15, 0.2) is 61.4 Å². The molecule has 0 aliphatic heterocycles. The van der Waals surface area contributed by atoms with E-state index in [-0.39, 0.29) is 19.8 Å². The van der Waals surface area contributed by atoms with Gasteiger partial charge in [0.05, 0.1) is 60.0 Å². The summed E-state index contributed by atoms with van der Waals surface area (Å²) in [5.41, 5.74) is 6.66. The van der Waals surface area contributed by atoms with Crippen molar-refractivity contribution in [2.75, 3.05) is 43.1 Å². The minimum absolute atomic E-state index is 0.0476. The minimum atomic E-state index is -3.58. The lowest BCUT2D eigenvalue weighted by atomic mass is 10.0. The predicted octanol–water partition coefficient (Wildman–Crippen LogP) is 5.56. The quantitative estimate of drug-likeness (QED) is 0.146. The highest BCUT2D eigenvalue weighted by Gasteiger charge is 2.23. The van der Waals surface area contributed by atoms with Crippen molar-refractivity contribution in [3.05, 3.63) is 107 Å². The molecule has 0 amide bonds. The highest BCUT2D eigenvalue weighted by atomic mass is 32.2. The van der Waals surface area contributed by atoms with Gasteiger partial charge in [-0.05, 0) is 47.2 Å². The van der Waals surface area contributed by atoms with Gasteiger partial charge in [-0.3, -0.25) is 4.85 Å². The lowest BCUT2D eigenvalue weighted by Gasteiger charge is -2.23.